The molecule has 11 heteroatoms. The van der Waals surface area contributed by atoms with Crippen molar-refractivity contribution in [2.24, 2.45) is 0 Å². The zero-order valence-corrected chi connectivity index (χ0v) is 23.1. The summed E-state index contributed by atoms with van der Waals surface area (Å²) in [5, 5.41) is 2.63. The fourth-order valence-corrected chi connectivity index (χ4v) is 5.72. The first kappa shape index (κ1) is 29.6. The molecular weight excluding hydrogens is 557 g/mol. The van der Waals surface area contributed by atoms with Gasteiger partial charge in [0.25, 0.3) is 0 Å². The van der Waals surface area contributed by atoms with Gasteiger partial charge in [-0.05, 0) is 74.5 Å². The summed E-state index contributed by atoms with van der Waals surface area (Å²) >= 11 is 12.3. The Labute approximate surface area is 235 Å². The van der Waals surface area contributed by atoms with Gasteiger partial charge in [-0.15, -0.1) is 0 Å². The maximum atomic E-state index is 14.1. The number of amides is 2. The summed E-state index contributed by atoms with van der Waals surface area (Å²) < 4.78 is 55.6. The molecule has 2 aromatic carbocycles. The van der Waals surface area contributed by atoms with Gasteiger partial charge < -0.3 is 15.1 Å². The molecule has 5 nitrogen and oxygen atoms in total. The van der Waals surface area contributed by atoms with Crippen LogP contribution in [0.25, 0.3) is 0 Å². The fraction of sp³-hybridized carbons (Fsp3) is 0.500. The molecular formula is C28H31Cl2F4N3O2. The van der Waals surface area contributed by atoms with Crippen LogP contribution >= 0.6 is 23.2 Å². The molecule has 2 aliphatic rings. The van der Waals surface area contributed by atoms with Crippen LogP contribution in [0.15, 0.2) is 42.5 Å². The van der Waals surface area contributed by atoms with Crippen molar-refractivity contribution in [2.75, 3.05) is 26.2 Å². The molecule has 4 rings (SSSR count). The Morgan fingerprint density at radius 3 is 2.28 bits per heavy atom. The van der Waals surface area contributed by atoms with E-state index in [-0.39, 0.29) is 34.0 Å². The minimum absolute atomic E-state index is 0.190. The van der Waals surface area contributed by atoms with Gasteiger partial charge in [0.1, 0.15) is 5.82 Å². The highest BCUT2D eigenvalue weighted by atomic mass is 35.5. The Kier molecular flexibility index (Phi) is 9.13. The number of nitrogens with zero attached hydrogens (tertiary/aromatic N) is 2. The third-order valence-electron chi connectivity index (χ3n) is 7.90. The normalized spacial score (nSPS) is 19.7. The van der Waals surface area contributed by atoms with E-state index in [1.165, 1.54) is 12.1 Å². The SMILES string of the molecule is CC(CCN1CCC(N2CCCC2=O)CC1)(C(=O)NC(c1ccc(F)cc1)C(F)(F)F)c1ccc(Cl)c(Cl)c1. The van der Waals surface area contributed by atoms with Crippen molar-refractivity contribution >= 4 is 35.0 Å². The van der Waals surface area contributed by atoms with E-state index < -0.39 is 29.4 Å². The summed E-state index contributed by atoms with van der Waals surface area (Å²) in [7, 11) is 0. The molecule has 39 heavy (non-hydrogen) atoms. The molecule has 2 amide bonds. The Hall–Kier alpha value is -2.36. The number of likely N-dealkylation sites (tertiary alicyclic amines) is 2. The largest absolute Gasteiger partial charge is 0.412 e. The van der Waals surface area contributed by atoms with E-state index in [0.717, 1.165) is 50.1 Å². The standard InChI is InChI=1S/C28H31Cl2F4N3O2/c1-27(19-6-9-22(29)23(30)17-19,12-16-36-14-10-21(11-15-36)37-13-2-3-24(37)38)26(39)35-25(28(32,33)34)18-4-7-20(31)8-5-18/h4-9,17,21,25H,2-3,10-16H2,1H3,(H,35,39). The lowest BCUT2D eigenvalue weighted by Gasteiger charge is -2.38. The van der Waals surface area contributed by atoms with E-state index in [1.807, 2.05) is 4.90 Å². The summed E-state index contributed by atoms with van der Waals surface area (Å²) in [6.07, 6.45) is -1.50. The molecule has 1 N–H and O–H groups in total. The van der Waals surface area contributed by atoms with Gasteiger partial charge in [-0.2, -0.15) is 13.2 Å². The molecule has 0 saturated carbocycles. The van der Waals surface area contributed by atoms with Gasteiger partial charge in [0.2, 0.25) is 11.8 Å². The highest BCUT2D eigenvalue weighted by Crippen LogP contribution is 2.37. The topological polar surface area (TPSA) is 52.7 Å². The van der Waals surface area contributed by atoms with Crippen molar-refractivity contribution in [3.8, 4) is 0 Å². The summed E-state index contributed by atoms with van der Waals surface area (Å²) in [4.78, 5) is 29.9. The highest BCUT2D eigenvalue weighted by molar-refractivity contribution is 6.42. The zero-order chi connectivity index (χ0) is 28.4. The molecule has 2 heterocycles. The van der Waals surface area contributed by atoms with Crippen LogP contribution < -0.4 is 5.32 Å². The van der Waals surface area contributed by atoms with E-state index in [4.69, 9.17) is 23.2 Å². The molecule has 0 radical (unpaired) electrons. The second-order valence-electron chi connectivity index (χ2n) is 10.5. The average Bonchev–Trinajstić information content (AvgIpc) is 3.33. The van der Waals surface area contributed by atoms with Crippen LogP contribution in [0.5, 0.6) is 0 Å². The molecule has 212 valence electrons. The third kappa shape index (κ3) is 6.87. The van der Waals surface area contributed by atoms with Crippen LogP contribution in [0, 0.1) is 5.82 Å². The van der Waals surface area contributed by atoms with Crippen molar-refractivity contribution < 1.29 is 27.2 Å². The maximum absolute atomic E-state index is 14.1. The molecule has 2 saturated heterocycles. The van der Waals surface area contributed by atoms with Gasteiger partial charge in [0.15, 0.2) is 6.04 Å². The van der Waals surface area contributed by atoms with Crippen LogP contribution in [0.4, 0.5) is 17.6 Å². The van der Waals surface area contributed by atoms with Crippen LogP contribution in [-0.2, 0) is 15.0 Å². The lowest BCUT2D eigenvalue weighted by molar-refractivity contribution is -0.165. The average molecular weight is 588 g/mol. The number of benzene rings is 2. The highest BCUT2D eigenvalue weighted by Gasteiger charge is 2.45. The number of halogens is 6. The molecule has 0 aromatic heterocycles. The van der Waals surface area contributed by atoms with Gasteiger partial charge in [-0.1, -0.05) is 41.4 Å². The molecule has 2 fully saturated rings. The second-order valence-corrected chi connectivity index (χ2v) is 11.3. The van der Waals surface area contributed by atoms with Crippen molar-refractivity contribution in [1.29, 1.82) is 0 Å². The molecule has 2 unspecified atom stereocenters. The molecule has 2 aliphatic heterocycles. The summed E-state index contributed by atoms with van der Waals surface area (Å²) in [5.41, 5.74) is -1.21. The number of hydrogen-bond donors (Lipinski definition) is 1. The molecule has 2 atom stereocenters. The van der Waals surface area contributed by atoms with E-state index >= 15 is 0 Å². The fourth-order valence-electron chi connectivity index (χ4n) is 5.42. The minimum atomic E-state index is -4.80. The second kappa shape index (κ2) is 12.0. The van der Waals surface area contributed by atoms with Crippen LogP contribution in [0.1, 0.15) is 56.2 Å². The third-order valence-corrected chi connectivity index (χ3v) is 8.64. The van der Waals surface area contributed by atoms with Crippen molar-refractivity contribution in [3.63, 3.8) is 0 Å². The number of carbonyl (C=O) groups excluding carboxylic acids is 2. The lowest BCUT2D eigenvalue weighted by Crippen LogP contribution is -2.50. The number of alkyl halides is 3. The first-order valence-corrected chi connectivity index (χ1v) is 13.7. The van der Waals surface area contributed by atoms with Gasteiger partial charge >= 0.3 is 6.18 Å². The Bertz CT molecular complexity index is 1190. The van der Waals surface area contributed by atoms with E-state index in [1.54, 1.807) is 13.0 Å². The molecule has 2 aromatic rings. The van der Waals surface area contributed by atoms with Crippen molar-refractivity contribution in [3.05, 3.63) is 69.5 Å². The van der Waals surface area contributed by atoms with Crippen molar-refractivity contribution in [1.82, 2.24) is 15.1 Å². The van der Waals surface area contributed by atoms with Gasteiger partial charge in [-0.3, -0.25) is 9.59 Å². The number of rotatable bonds is 8. The van der Waals surface area contributed by atoms with E-state index in [2.05, 4.69) is 10.2 Å². The van der Waals surface area contributed by atoms with Crippen LogP contribution in [0.3, 0.4) is 0 Å². The molecule has 0 aliphatic carbocycles. The quantitative estimate of drug-likeness (QED) is 0.369. The summed E-state index contributed by atoms with van der Waals surface area (Å²) in [6, 6.07) is 6.39. The Morgan fingerprint density at radius 1 is 1.05 bits per heavy atom. The smallest absolute Gasteiger partial charge is 0.340 e. The summed E-state index contributed by atoms with van der Waals surface area (Å²) in [6.45, 7) is 4.27. The zero-order valence-electron chi connectivity index (χ0n) is 21.5. The van der Waals surface area contributed by atoms with E-state index in [9.17, 15) is 27.2 Å². The number of carbonyl (C=O) groups is 2. The van der Waals surface area contributed by atoms with Gasteiger partial charge in [0.05, 0.1) is 15.5 Å². The number of hydrogen-bond acceptors (Lipinski definition) is 3. The van der Waals surface area contributed by atoms with Crippen LogP contribution in [-0.4, -0.2) is 60.0 Å². The molecule has 0 bridgehead atoms. The van der Waals surface area contributed by atoms with Crippen LogP contribution in [0.2, 0.25) is 10.0 Å². The van der Waals surface area contributed by atoms with Gasteiger partial charge in [0, 0.05) is 32.1 Å². The van der Waals surface area contributed by atoms with Gasteiger partial charge in [-0.25, -0.2) is 4.39 Å². The molecule has 0 spiro atoms. The van der Waals surface area contributed by atoms with Crippen molar-refractivity contribution in [2.45, 2.75) is 62.7 Å². The Morgan fingerprint density at radius 2 is 1.72 bits per heavy atom. The predicted octanol–water partition coefficient (Wildman–Crippen LogP) is 6.29. The lowest BCUT2D eigenvalue weighted by atomic mass is 9.78. The minimum Gasteiger partial charge on any atom is -0.340 e. The number of nitrogens with one attached hydrogen (secondary N) is 1. The summed E-state index contributed by atoms with van der Waals surface area (Å²) in [5.74, 6) is -1.31. The Balaban J connectivity index is 1.53. The first-order chi connectivity index (χ1) is 18.4. The predicted molar refractivity (Wildman–Crippen MR) is 142 cm³/mol. The monoisotopic (exact) mass is 587 g/mol. The first-order valence-electron chi connectivity index (χ1n) is 13.0. The number of piperidine rings is 1. The maximum Gasteiger partial charge on any atom is 0.412 e. The van der Waals surface area contributed by atoms with E-state index in [0.29, 0.717) is 31.6 Å².